The summed E-state index contributed by atoms with van der Waals surface area (Å²) in [5.74, 6) is 0.363. The number of anilines is 2. The number of rotatable bonds is 6. The molecule has 4 heteroatoms. The van der Waals surface area contributed by atoms with Crippen molar-refractivity contribution in [3.05, 3.63) is 59.2 Å². The van der Waals surface area contributed by atoms with Crippen molar-refractivity contribution in [2.24, 2.45) is 0 Å². The Kier molecular flexibility index (Phi) is 6.78. The van der Waals surface area contributed by atoms with Crippen LogP contribution < -0.4 is 10.2 Å². The normalized spacial score (nSPS) is 11.0. The highest BCUT2D eigenvalue weighted by molar-refractivity contribution is 6.02. The number of carbonyl (C=O) groups excluding carboxylic acids is 2. The van der Waals surface area contributed by atoms with Gasteiger partial charge in [0.1, 0.15) is 6.54 Å². The minimum atomic E-state index is -0.200. The average Bonchev–Trinajstić information content (AvgIpc) is 2.61. The number of hydrogen-bond donors (Lipinski definition) is 1. The van der Waals surface area contributed by atoms with E-state index in [-0.39, 0.29) is 18.4 Å². The average molecular weight is 367 g/mol. The zero-order valence-corrected chi connectivity index (χ0v) is 17.2. The Morgan fingerprint density at radius 1 is 0.963 bits per heavy atom. The van der Waals surface area contributed by atoms with Crippen LogP contribution in [0.5, 0.6) is 0 Å². The van der Waals surface area contributed by atoms with E-state index in [1.54, 1.807) is 0 Å². The summed E-state index contributed by atoms with van der Waals surface area (Å²) in [5, 5.41) is 3.01. The minimum Gasteiger partial charge on any atom is -0.324 e. The van der Waals surface area contributed by atoms with E-state index in [1.165, 1.54) is 17.4 Å². The number of benzene rings is 2. The van der Waals surface area contributed by atoms with Crippen LogP contribution >= 0.6 is 0 Å². The first kappa shape index (κ1) is 20.7. The molecule has 0 fully saturated rings. The number of hydrogen-bond acceptors (Lipinski definition) is 2. The van der Waals surface area contributed by atoms with Crippen molar-refractivity contribution in [2.45, 2.75) is 53.4 Å². The first-order valence-electron chi connectivity index (χ1n) is 9.48. The van der Waals surface area contributed by atoms with Crippen molar-refractivity contribution in [1.29, 1.82) is 0 Å². The fourth-order valence-corrected chi connectivity index (χ4v) is 3.09. The van der Waals surface area contributed by atoms with Crippen LogP contribution in [0.4, 0.5) is 11.4 Å². The number of aryl methyl sites for hydroxylation is 1. The number of nitrogens with one attached hydrogen (secondary N) is 1. The third-order valence-electron chi connectivity index (χ3n) is 4.74. The van der Waals surface area contributed by atoms with Crippen molar-refractivity contribution in [3.63, 3.8) is 0 Å². The van der Waals surface area contributed by atoms with Gasteiger partial charge in [-0.1, -0.05) is 58.0 Å². The molecule has 0 heterocycles. The summed E-state index contributed by atoms with van der Waals surface area (Å²) >= 11 is 0. The van der Waals surface area contributed by atoms with Gasteiger partial charge in [-0.15, -0.1) is 0 Å². The van der Waals surface area contributed by atoms with Gasteiger partial charge in [0.05, 0.1) is 0 Å². The van der Waals surface area contributed by atoms with Gasteiger partial charge in [0.2, 0.25) is 11.8 Å². The summed E-state index contributed by atoms with van der Waals surface area (Å²) in [4.78, 5) is 26.3. The molecule has 0 spiro atoms. The van der Waals surface area contributed by atoms with Gasteiger partial charge in [0.15, 0.2) is 0 Å². The lowest BCUT2D eigenvalue weighted by Crippen LogP contribution is -2.37. The van der Waals surface area contributed by atoms with E-state index in [4.69, 9.17) is 0 Å². The van der Waals surface area contributed by atoms with Crippen LogP contribution in [0.1, 0.15) is 63.1 Å². The van der Waals surface area contributed by atoms with E-state index in [0.29, 0.717) is 11.8 Å². The van der Waals surface area contributed by atoms with Crippen LogP contribution in [-0.4, -0.2) is 18.4 Å². The molecule has 0 saturated carbocycles. The Labute approximate surface area is 162 Å². The predicted molar refractivity (Wildman–Crippen MR) is 112 cm³/mol. The molecule has 0 aliphatic rings. The van der Waals surface area contributed by atoms with Gasteiger partial charge < -0.3 is 10.2 Å². The fraction of sp³-hybridized carbons (Fsp3) is 0.391. The molecular formula is C23H30N2O2. The lowest BCUT2D eigenvalue weighted by molar-refractivity contribution is -0.120. The maximum Gasteiger partial charge on any atom is 0.244 e. The number of nitrogens with zero attached hydrogens (tertiary/aromatic N) is 1. The Balaban J connectivity index is 2.20. The van der Waals surface area contributed by atoms with Crippen molar-refractivity contribution >= 4 is 23.2 Å². The summed E-state index contributed by atoms with van der Waals surface area (Å²) in [6.07, 6.45) is 0. The second kappa shape index (κ2) is 8.85. The standard InChI is InChI=1S/C23H30N2O2/c1-15(2)19-10-12-20(13-11-19)25(18(6)26)14-22(27)24-23-17(5)8-7-9-21(23)16(3)4/h7-13,15-16H,14H2,1-6H3,(H,24,27). The molecule has 4 nitrogen and oxygen atoms in total. The van der Waals surface area contributed by atoms with Gasteiger partial charge in [-0.2, -0.15) is 0 Å². The maximum absolute atomic E-state index is 12.7. The van der Waals surface area contributed by atoms with Crippen LogP contribution in [0.2, 0.25) is 0 Å². The molecule has 0 aliphatic carbocycles. The topological polar surface area (TPSA) is 49.4 Å². The molecule has 0 unspecified atom stereocenters. The molecule has 0 bridgehead atoms. The predicted octanol–water partition coefficient (Wildman–Crippen LogP) is 5.23. The molecule has 2 amide bonds. The number of para-hydroxylation sites is 1. The molecule has 2 aromatic rings. The second-order valence-electron chi connectivity index (χ2n) is 7.59. The third kappa shape index (κ3) is 5.19. The SMILES string of the molecule is CC(=O)N(CC(=O)Nc1c(C)cccc1C(C)C)c1ccc(C(C)C)cc1. The summed E-state index contributed by atoms with van der Waals surface area (Å²) in [5.41, 5.74) is 4.89. The molecule has 0 radical (unpaired) electrons. The van der Waals surface area contributed by atoms with Gasteiger partial charge in [-0.05, 0) is 47.6 Å². The summed E-state index contributed by atoms with van der Waals surface area (Å²) < 4.78 is 0. The van der Waals surface area contributed by atoms with Gasteiger partial charge in [0.25, 0.3) is 0 Å². The van der Waals surface area contributed by atoms with Crippen molar-refractivity contribution in [2.75, 3.05) is 16.8 Å². The van der Waals surface area contributed by atoms with E-state index in [1.807, 2.05) is 49.4 Å². The largest absolute Gasteiger partial charge is 0.324 e. The third-order valence-corrected chi connectivity index (χ3v) is 4.74. The highest BCUT2D eigenvalue weighted by atomic mass is 16.2. The molecule has 0 aromatic heterocycles. The Morgan fingerprint density at radius 2 is 1.59 bits per heavy atom. The van der Waals surface area contributed by atoms with Gasteiger partial charge >= 0.3 is 0 Å². The second-order valence-corrected chi connectivity index (χ2v) is 7.59. The van der Waals surface area contributed by atoms with E-state index in [2.05, 4.69) is 33.0 Å². The molecule has 1 N–H and O–H groups in total. The number of carbonyl (C=O) groups is 2. The molecule has 144 valence electrons. The van der Waals surface area contributed by atoms with Crippen molar-refractivity contribution < 1.29 is 9.59 Å². The molecule has 0 aliphatic heterocycles. The first-order valence-corrected chi connectivity index (χ1v) is 9.48. The lowest BCUT2D eigenvalue weighted by Gasteiger charge is -2.23. The quantitative estimate of drug-likeness (QED) is 0.760. The Hall–Kier alpha value is -2.62. The zero-order chi connectivity index (χ0) is 20.1. The van der Waals surface area contributed by atoms with Crippen LogP contribution in [0.25, 0.3) is 0 Å². The number of amides is 2. The summed E-state index contributed by atoms with van der Waals surface area (Å²) in [7, 11) is 0. The highest BCUT2D eigenvalue weighted by Gasteiger charge is 2.18. The molecule has 2 rings (SSSR count). The van der Waals surface area contributed by atoms with Crippen molar-refractivity contribution in [1.82, 2.24) is 0 Å². The Bertz CT molecular complexity index is 808. The van der Waals surface area contributed by atoms with Crippen LogP contribution in [-0.2, 0) is 9.59 Å². The van der Waals surface area contributed by atoms with Crippen molar-refractivity contribution in [3.8, 4) is 0 Å². The fourth-order valence-electron chi connectivity index (χ4n) is 3.09. The van der Waals surface area contributed by atoms with E-state index >= 15 is 0 Å². The molecule has 27 heavy (non-hydrogen) atoms. The molecule has 2 aromatic carbocycles. The zero-order valence-electron chi connectivity index (χ0n) is 17.2. The highest BCUT2D eigenvalue weighted by Crippen LogP contribution is 2.27. The molecule has 0 atom stereocenters. The van der Waals surface area contributed by atoms with E-state index in [9.17, 15) is 9.59 Å². The smallest absolute Gasteiger partial charge is 0.244 e. The first-order chi connectivity index (χ1) is 12.7. The maximum atomic E-state index is 12.7. The monoisotopic (exact) mass is 366 g/mol. The van der Waals surface area contributed by atoms with Crippen LogP contribution in [0.15, 0.2) is 42.5 Å². The van der Waals surface area contributed by atoms with E-state index in [0.717, 1.165) is 22.5 Å². The molecule has 0 saturated heterocycles. The van der Waals surface area contributed by atoms with Gasteiger partial charge in [0, 0.05) is 18.3 Å². The summed E-state index contributed by atoms with van der Waals surface area (Å²) in [6.45, 7) is 11.9. The summed E-state index contributed by atoms with van der Waals surface area (Å²) in [6, 6.07) is 13.8. The van der Waals surface area contributed by atoms with Crippen LogP contribution in [0, 0.1) is 6.92 Å². The Morgan fingerprint density at radius 3 is 2.11 bits per heavy atom. The minimum absolute atomic E-state index is 0.0117. The lowest BCUT2D eigenvalue weighted by atomic mass is 9.98. The molecular weight excluding hydrogens is 336 g/mol. The van der Waals surface area contributed by atoms with E-state index < -0.39 is 0 Å². The van der Waals surface area contributed by atoms with Crippen LogP contribution in [0.3, 0.4) is 0 Å². The van der Waals surface area contributed by atoms with Gasteiger partial charge in [-0.3, -0.25) is 9.59 Å². The van der Waals surface area contributed by atoms with Gasteiger partial charge in [-0.25, -0.2) is 0 Å².